The quantitative estimate of drug-likeness (QED) is 0.288. The third-order valence-electron chi connectivity index (χ3n) is 9.52. The van der Waals surface area contributed by atoms with Gasteiger partial charge in [-0.15, -0.1) is 0 Å². The fraction of sp³-hybridized carbons (Fsp3) is 0.441. The predicted molar refractivity (Wildman–Crippen MR) is 165 cm³/mol. The third-order valence-corrected chi connectivity index (χ3v) is 9.52. The lowest BCUT2D eigenvalue weighted by Crippen LogP contribution is -2.46. The predicted octanol–water partition coefficient (Wildman–Crippen LogP) is 7.37. The molecule has 2 fully saturated rings. The topological polar surface area (TPSA) is 105 Å². The number of aliphatic imine (C=N–C) groups is 1. The number of allylic oxidation sites excluding steroid dienone is 2. The number of halogens is 6. The van der Waals surface area contributed by atoms with Crippen LogP contribution in [0.15, 0.2) is 69.1 Å². The highest BCUT2D eigenvalue weighted by molar-refractivity contribution is 6.26. The smallest absolute Gasteiger partial charge is 0.412 e. The standard InChI is InChI=1S/C34H33F6N3O6/c1-17-23(33(35,36)37)14-20(15-24(17)34(38,39)40)30-18(2)43(32(46)49-30)16-25-21(6-10-29(41-25)42-11-4-12-42)22-13-19(5-7-27(22)47-3)26-8-9-28(48-26)31(44)45/h5-9,13-15,17-18,23,29-30H,4,10-12,16H2,1-3H3,(H,44,45)/t17?,18-,23?,29?,30-/m0/s1. The van der Waals surface area contributed by atoms with E-state index in [9.17, 15) is 41.0 Å². The minimum atomic E-state index is -5.02. The Bertz CT molecular complexity index is 1770. The fourth-order valence-electron chi connectivity index (χ4n) is 6.70. The molecule has 262 valence electrons. The number of aromatic carboxylic acids is 1. The lowest BCUT2D eigenvalue weighted by atomic mass is 9.78. The van der Waals surface area contributed by atoms with Crippen molar-refractivity contribution in [2.45, 2.75) is 57.4 Å². The van der Waals surface area contributed by atoms with E-state index in [-0.39, 0.29) is 29.8 Å². The number of hydrogen-bond donors (Lipinski definition) is 1. The Hall–Kier alpha value is -4.53. The number of methoxy groups -OCH3 is 1. The second kappa shape index (κ2) is 12.7. The number of alkyl halides is 6. The summed E-state index contributed by atoms with van der Waals surface area (Å²) in [7, 11) is 1.47. The van der Waals surface area contributed by atoms with E-state index in [0.29, 0.717) is 40.7 Å². The van der Waals surface area contributed by atoms with Crippen LogP contribution in [0.25, 0.3) is 16.9 Å². The first-order valence-electron chi connectivity index (χ1n) is 15.6. The SMILES string of the molecule is COc1ccc(-c2ccc(C(=O)O)o2)cc1C1=CCC(N2CCC2)N=C1CN1C(=O)O[C@H](C2=CC(C(F)(F)F)C(C)C(C(F)(F)F)=C2)[C@@H]1C. The normalized spacial score (nSPS) is 26.3. The molecule has 0 radical (unpaired) electrons. The zero-order chi connectivity index (χ0) is 35.4. The van der Waals surface area contributed by atoms with Gasteiger partial charge in [0, 0.05) is 47.7 Å². The molecule has 2 aromatic rings. The minimum Gasteiger partial charge on any atom is -0.496 e. The maximum atomic E-state index is 13.9. The molecular formula is C34H33F6N3O6. The van der Waals surface area contributed by atoms with E-state index < -0.39 is 54.0 Å². The zero-order valence-corrected chi connectivity index (χ0v) is 26.6. The number of rotatable bonds is 8. The van der Waals surface area contributed by atoms with Crippen LogP contribution < -0.4 is 4.74 Å². The second-order valence-electron chi connectivity index (χ2n) is 12.5. The molecule has 1 aliphatic carbocycles. The van der Waals surface area contributed by atoms with Gasteiger partial charge in [-0.3, -0.25) is 14.8 Å². The van der Waals surface area contributed by atoms with Gasteiger partial charge in [0.2, 0.25) is 5.76 Å². The number of carbonyl (C=O) groups is 2. The summed E-state index contributed by atoms with van der Waals surface area (Å²) >= 11 is 0. The van der Waals surface area contributed by atoms with Gasteiger partial charge >= 0.3 is 24.4 Å². The maximum absolute atomic E-state index is 13.9. The van der Waals surface area contributed by atoms with Crippen LogP contribution in [0.5, 0.6) is 5.75 Å². The van der Waals surface area contributed by atoms with Crippen LogP contribution in [0.3, 0.4) is 0 Å². The first-order valence-corrected chi connectivity index (χ1v) is 15.6. The number of nitrogens with zero attached hydrogens (tertiary/aromatic N) is 3. The average molecular weight is 694 g/mol. The zero-order valence-electron chi connectivity index (χ0n) is 26.6. The van der Waals surface area contributed by atoms with Crippen molar-refractivity contribution >= 4 is 23.3 Å². The average Bonchev–Trinajstić information content (AvgIpc) is 3.61. The summed E-state index contributed by atoms with van der Waals surface area (Å²) in [5.41, 5.74) is 0.399. The lowest BCUT2D eigenvalue weighted by molar-refractivity contribution is -0.177. The fourth-order valence-corrected chi connectivity index (χ4v) is 6.70. The lowest BCUT2D eigenvalue weighted by Gasteiger charge is -2.38. The number of carboxylic acids is 1. The number of dihydropyridines is 1. The van der Waals surface area contributed by atoms with Crippen molar-refractivity contribution in [3.8, 4) is 17.1 Å². The third kappa shape index (κ3) is 6.59. The van der Waals surface area contributed by atoms with Gasteiger partial charge in [0.05, 0.1) is 31.3 Å². The molecule has 9 nitrogen and oxygen atoms in total. The molecular weight excluding hydrogens is 660 g/mol. The van der Waals surface area contributed by atoms with Gasteiger partial charge in [-0.25, -0.2) is 9.59 Å². The molecule has 3 aliphatic heterocycles. The molecule has 1 aromatic heterocycles. The molecule has 2 saturated heterocycles. The molecule has 4 heterocycles. The van der Waals surface area contributed by atoms with E-state index in [1.807, 2.05) is 6.08 Å². The summed E-state index contributed by atoms with van der Waals surface area (Å²) in [5.74, 6) is -5.05. The Balaban J connectivity index is 1.34. The van der Waals surface area contributed by atoms with Crippen LogP contribution in [0.2, 0.25) is 0 Å². The number of carboxylic acid groups (broad SMARTS) is 1. The maximum Gasteiger partial charge on any atom is 0.412 e. The summed E-state index contributed by atoms with van der Waals surface area (Å²) in [5, 5.41) is 9.31. The molecule has 1 aromatic carbocycles. The molecule has 0 spiro atoms. The molecule has 5 atom stereocenters. The van der Waals surface area contributed by atoms with Gasteiger partial charge in [-0.2, -0.15) is 26.3 Å². The van der Waals surface area contributed by atoms with Crippen LogP contribution in [-0.4, -0.2) is 90.1 Å². The summed E-state index contributed by atoms with van der Waals surface area (Å²) in [6, 6.07) is 6.99. The highest BCUT2D eigenvalue weighted by atomic mass is 19.4. The van der Waals surface area contributed by atoms with Crippen LogP contribution in [0.1, 0.15) is 42.8 Å². The van der Waals surface area contributed by atoms with Gasteiger partial charge in [0.25, 0.3) is 0 Å². The van der Waals surface area contributed by atoms with Crippen LogP contribution >= 0.6 is 0 Å². The molecule has 6 rings (SSSR count). The summed E-state index contributed by atoms with van der Waals surface area (Å²) in [4.78, 5) is 33.1. The van der Waals surface area contributed by atoms with Gasteiger partial charge in [0.1, 0.15) is 23.8 Å². The van der Waals surface area contributed by atoms with E-state index in [1.54, 1.807) is 18.2 Å². The van der Waals surface area contributed by atoms with E-state index in [0.717, 1.165) is 32.5 Å². The number of amides is 1. The van der Waals surface area contributed by atoms with Crippen molar-refractivity contribution in [1.82, 2.24) is 9.80 Å². The first-order chi connectivity index (χ1) is 23.1. The molecule has 0 bridgehead atoms. The van der Waals surface area contributed by atoms with Crippen LogP contribution in [-0.2, 0) is 4.74 Å². The van der Waals surface area contributed by atoms with E-state index in [1.165, 1.54) is 31.1 Å². The summed E-state index contributed by atoms with van der Waals surface area (Å²) < 4.78 is 100. The Morgan fingerprint density at radius 1 is 1.10 bits per heavy atom. The molecule has 0 saturated carbocycles. The number of furan rings is 1. The summed E-state index contributed by atoms with van der Waals surface area (Å²) in [6.45, 7) is 3.87. The van der Waals surface area contributed by atoms with Crippen molar-refractivity contribution in [3.63, 3.8) is 0 Å². The van der Waals surface area contributed by atoms with Crippen LogP contribution in [0, 0.1) is 11.8 Å². The number of carbonyl (C=O) groups excluding carboxylic acids is 1. The van der Waals surface area contributed by atoms with Crippen LogP contribution in [0.4, 0.5) is 31.1 Å². The Morgan fingerprint density at radius 2 is 1.84 bits per heavy atom. The Kier molecular flexibility index (Phi) is 8.92. The van der Waals surface area contributed by atoms with Gasteiger partial charge in [-0.1, -0.05) is 19.1 Å². The number of benzene rings is 1. The Morgan fingerprint density at radius 3 is 2.43 bits per heavy atom. The molecule has 1 amide bonds. The van der Waals surface area contributed by atoms with Gasteiger partial charge in [0.15, 0.2) is 0 Å². The second-order valence-corrected chi connectivity index (χ2v) is 12.5. The molecule has 3 unspecified atom stereocenters. The van der Waals surface area contributed by atoms with Crippen molar-refractivity contribution < 1.29 is 54.9 Å². The summed E-state index contributed by atoms with van der Waals surface area (Å²) in [6.07, 6.45) is -7.69. The Labute approximate surface area is 277 Å². The largest absolute Gasteiger partial charge is 0.496 e. The van der Waals surface area contributed by atoms with Gasteiger partial charge in [-0.05, 0) is 55.3 Å². The minimum absolute atomic E-state index is 0.161. The van der Waals surface area contributed by atoms with Crippen molar-refractivity contribution in [1.29, 1.82) is 0 Å². The first kappa shape index (κ1) is 34.3. The van der Waals surface area contributed by atoms with Crippen molar-refractivity contribution in [3.05, 3.63) is 71.0 Å². The van der Waals surface area contributed by atoms with Crippen molar-refractivity contribution in [2.24, 2.45) is 16.8 Å². The molecule has 15 heteroatoms. The van der Waals surface area contributed by atoms with Crippen molar-refractivity contribution in [2.75, 3.05) is 26.7 Å². The number of hydrogen-bond acceptors (Lipinski definition) is 7. The molecule has 4 aliphatic rings. The number of likely N-dealkylation sites (tertiary alicyclic amines) is 1. The van der Waals surface area contributed by atoms with Gasteiger partial charge < -0.3 is 19.0 Å². The monoisotopic (exact) mass is 693 g/mol. The highest BCUT2D eigenvalue weighted by Crippen LogP contribution is 2.47. The van der Waals surface area contributed by atoms with E-state index in [2.05, 4.69) is 4.90 Å². The number of cyclic esters (lactones) is 1. The number of ether oxygens (including phenoxy) is 2. The van der Waals surface area contributed by atoms with E-state index in [4.69, 9.17) is 18.9 Å². The molecule has 1 N–H and O–H groups in total. The molecule has 49 heavy (non-hydrogen) atoms. The van der Waals surface area contributed by atoms with E-state index >= 15 is 0 Å². The highest BCUT2D eigenvalue weighted by Gasteiger charge is 2.52.